The zero-order chi connectivity index (χ0) is 43.1. The van der Waals surface area contributed by atoms with Crippen molar-refractivity contribution in [2.75, 3.05) is 18.1 Å². The van der Waals surface area contributed by atoms with Crippen molar-refractivity contribution in [2.24, 2.45) is 5.16 Å². The Hall–Kier alpha value is -5.03. The molecule has 4 amide bonds. The maximum absolute atomic E-state index is 13.0. The molecule has 334 valence electrons. The number of fused-ring (bicyclic) bond motifs is 2. The number of allylic oxidation sites excluding steroid dienone is 1. The summed E-state index contributed by atoms with van der Waals surface area (Å²) in [5.74, 6) is -5.73. The second kappa shape index (κ2) is 21.6. The number of nitrogens with zero attached hydrogens (tertiary/aromatic N) is 5. The molecule has 0 aliphatic carbocycles. The molecule has 3 saturated heterocycles. The first-order chi connectivity index (χ1) is 27.9. The van der Waals surface area contributed by atoms with Gasteiger partial charge in [-0.05, 0) is 32.4 Å². The van der Waals surface area contributed by atoms with Crippen LogP contribution in [0.4, 0.5) is 5.13 Å². The number of halogens is 1. The Morgan fingerprint density at radius 2 is 1.76 bits per heavy atom. The number of aliphatic carboxylic acids is 3. The zero-order valence-corrected chi connectivity index (χ0v) is 38.6. The van der Waals surface area contributed by atoms with Gasteiger partial charge in [-0.15, -0.1) is 34.9 Å². The molecule has 4 aliphatic rings. The predicted octanol–water partition coefficient (Wildman–Crippen LogP) is -4.80. The summed E-state index contributed by atoms with van der Waals surface area (Å²) in [5.41, 5.74) is 6.47. The van der Waals surface area contributed by atoms with E-state index >= 15 is 0 Å². The quantitative estimate of drug-likeness (QED) is 0.0492. The number of hydrogen-bond acceptors (Lipinski definition) is 17. The Kier molecular flexibility index (Phi) is 18.5. The van der Waals surface area contributed by atoms with E-state index in [0.717, 1.165) is 16.2 Å². The van der Waals surface area contributed by atoms with Crippen molar-refractivity contribution in [3.8, 4) is 11.3 Å². The van der Waals surface area contributed by atoms with Crippen LogP contribution < -0.4 is 51.0 Å². The molecule has 0 spiro atoms. The van der Waals surface area contributed by atoms with Crippen molar-refractivity contribution in [1.29, 1.82) is 0 Å². The molecule has 0 saturated carbocycles. The van der Waals surface area contributed by atoms with Gasteiger partial charge in [0.05, 0.1) is 17.0 Å². The largest absolute Gasteiger partial charge is 1.00 e. The molecule has 0 bridgehead atoms. The predicted molar refractivity (Wildman–Crippen MR) is 221 cm³/mol. The maximum Gasteiger partial charge on any atom is 1.00 e. The van der Waals surface area contributed by atoms with Crippen LogP contribution in [0.1, 0.15) is 35.7 Å². The van der Waals surface area contributed by atoms with Crippen molar-refractivity contribution in [1.82, 2.24) is 30.6 Å². The minimum absolute atomic E-state index is 0. The first-order valence-corrected chi connectivity index (χ1v) is 20.3. The third-order valence-electron chi connectivity index (χ3n) is 9.23. The summed E-state index contributed by atoms with van der Waals surface area (Å²) in [7, 11) is 0. The maximum atomic E-state index is 13.0. The van der Waals surface area contributed by atoms with Gasteiger partial charge in [-0.3, -0.25) is 24.1 Å². The molecule has 0 unspecified atom stereocenters. The van der Waals surface area contributed by atoms with Gasteiger partial charge in [0, 0.05) is 21.4 Å². The molecule has 28 heteroatoms. The molecular weight excluding hydrogens is 927 g/mol. The van der Waals surface area contributed by atoms with E-state index in [1.165, 1.54) is 39.9 Å². The van der Waals surface area contributed by atoms with Gasteiger partial charge < -0.3 is 67.2 Å². The van der Waals surface area contributed by atoms with Crippen molar-refractivity contribution in [2.45, 2.75) is 54.4 Å². The van der Waals surface area contributed by atoms with E-state index in [9.17, 15) is 43.8 Å². The van der Waals surface area contributed by atoms with E-state index in [2.05, 4.69) is 37.3 Å². The topological polar surface area (TPSA) is 395 Å². The first kappa shape index (κ1) is 54.1. The number of rotatable bonds is 12. The van der Waals surface area contributed by atoms with Crippen molar-refractivity contribution >= 4 is 98.8 Å². The average Bonchev–Trinajstić information content (AvgIpc) is 3.86. The van der Waals surface area contributed by atoms with Crippen LogP contribution in [0.2, 0.25) is 5.02 Å². The van der Waals surface area contributed by atoms with E-state index in [4.69, 9.17) is 27.0 Å². The number of thiazole rings is 1. The Balaban J connectivity index is 0.000000408. The van der Waals surface area contributed by atoms with Gasteiger partial charge in [-0.1, -0.05) is 52.8 Å². The average molecular weight is 965 g/mol. The fraction of sp³-hybridized carbons (Fsp3) is 0.314. The van der Waals surface area contributed by atoms with E-state index in [0.29, 0.717) is 21.9 Å². The number of thioether (sulfide) groups is 2. The van der Waals surface area contributed by atoms with Crippen LogP contribution in [0.5, 0.6) is 0 Å². The first-order valence-electron chi connectivity index (χ1n) is 17.1. The molecule has 5 atom stereocenters. The molecule has 1 aromatic carbocycles. The summed E-state index contributed by atoms with van der Waals surface area (Å²) < 4.78 is 4.47. The fourth-order valence-electron chi connectivity index (χ4n) is 6.58. The number of nitrogens with two attached hydrogens (primary N) is 1. The number of amides is 4. The Labute approximate surface area is 395 Å². The van der Waals surface area contributed by atoms with Crippen molar-refractivity contribution in [3.05, 3.63) is 75.6 Å². The molecule has 23 nitrogen and oxygen atoms in total. The number of hydrogen-bond donors (Lipinski definition) is 5. The Morgan fingerprint density at radius 3 is 2.33 bits per heavy atom. The van der Waals surface area contributed by atoms with Crippen LogP contribution in [0, 0.1) is 6.92 Å². The summed E-state index contributed by atoms with van der Waals surface area (Å²) in [5, 5.41) is 43.1. The molecule has 0 radical (unpaired) electrons. The summed E-state index contributed by atoms with van der Waals surface area (Å²) in [6.45, 7) is 7.84. The molecule has 6 heterocycles. The second-order valence-corrected chi connectivity index (χ2v) is 17.6. The molecule has 63 heavy (non-hydrogen) atoms. The number of nitrogen functional groups attached to an aromatic ring is 1. The van der Waals surface area contributed by atoms with E-state index < -0.39 is 81.8 Å². The van der Waals surface area contributed by atoms with Crippen LogP contribution in [-0.2, 0) is 33.6 Å². The SMILES string of the molecule is C=CC1=C(C(=O)O)N2C(=O)[C@@H](NC(=O)/C(=N/OCC(=O)O)c3csc(N)n3)[C@H]2SC1.Cc1onc(-c2ccccc2Cl)c1C(=O)N[C@@H]1C(=O)N2[C@@H]1SC(C)(C)[C@@H]2C(=O)[O-].O.O.O.[Na+]. The van der Waals surface area contributed by atoms with Gasteiger partial charge in [0.25, 0.3) is 17.7 Å². The smallest absolute Gasteiger partial charge is 0.548 e. The van der Waals surface area contributed by atoms with Crippen LogP contribution in [0.3, 0.4) is 0 Å². The van der Waals surface area contributed by atoms with Crippen LogP contribution in [0.15, 0.2) is 63.2 Å². The summed E-state index contributed by atoms with van der Waals surface area (Å²) in [6, 6.07) is 4.01. The number of benzene rings is 1. The Bertz CT molecular complexity index is 2380. The van der Waals surface area contributed by atoms with E-state index in [1.807, 2.05) is 0 Å². The normalized spacial score (nSPS) is 21.3. The number of anilines is 1. The van der Waals surface area contributed by atoms with Gasteiger partial charge >= 0.3 is 41.5 Å². The number of oxime groups is 1. The number of carboxylic acids is 3. The van der Waals surface area contributed by atoms with Gasteiger partial charge in [0.15, 0.2) is 10.8 Å². The van der Waals surface area contributed by atoms with Gasteiger partial charge in [-0.25, -0.2) is 14.6 Å². The monoisotopic (exact) mass is 964 g/mol. The fourth-order valence-corrected chi connectivity index (χ4v) is 10.3. The molecule has 3 fully saturated rings. The summed E-state index contributed by atoms with van der Waals surface area (Å²) in [4.78, 5) is 95.5. The number of aromatic nitrogens is 2. The molecule has 12 N–H and O–H groups in total. The molecule has 4 aliphatic heterocycles. The molecule has 2 aromatic heterocycles. The number of nitrogens with one attached hydrogen (secondary N) is 2. The standard InChI is InChI=1S/C19H18ClN3O5S.C16H15N5O7S2.Na.3H2O/c1-8-11(12(22-28-8)9-6-4-5-7-10(9)20)15(24)21-13-16(25)23-14(18(26)27)19(2,3)29-17(13)23;1-2-6-4-29-14-10(13(25)21(14)11(6)15(26)27)19-12(24)9(20-28-3-8(22)23)7-5-30-16(17)18-7;;;;/h4-7,13-14,17H,1-3H3,(H,21,24)(H,26,27);2,5,10,14H,1,3-4H2,(H2,17,18)(H,19,24)(H,22,23)(H,26,27);;3*1H2/q;;+1;;;/p-1/b;20-9+;;;;/t13-,14+,17-;10-,14-;;;;/m11..../s1. The summed E-state index contributed by atoms with van der Waals surface area (Å²) in [6.07, 6.45) is 1.38. The zero-order valence-electron chi connectivity index (χ0n) is 33.4. The van der Waals surface area contributed by atoms with Crippen LogP contribution in [-0.4, -0.2) is 140 Å². The number of carboxylic acid groups (broad SMARTS) is 3. The Morgan fingerprint density at radius 1 is 1.11 bits per heavy atom. The molecule has 7 rings (SSSR count). The molecular formula is C35H38ClN8NaO15S3. The number of carbonyl (C=O) groups excluding carboxylic acids is 5. The van der Waals surface area contributed by atoms with E-state index in [1.54, 1.807) is 45.0 Å². The number of β-lactam (4-membered cyclic amide) rings is 2. The minimum Gasteiger partial charge on any atom is -0.548 e. The van der Waals surface area contributed by atoms with Crippen LogP contribution >= 0.6 is 46.5 Å². The van der Waals surface area contributed by atoms with Gasteiger partial charge in [0.2, 0.25) is 12.5 Å². The van der Waals surface area contributed by atoms with Crippen molar-refractivity contribution < 1.29 is 104 Å². The number of aryl methyl sites for hydroxylation is 1. The van der Waals surface area contributed by atoms with Gasteiger partial charge in [0.1, 0.15) is 51.2 Å². The van der Waals surface area contributed by atoms with Crippen molar-refractivity contribution in [3.63, 3.8) is 0 Å². The molecule has 3 aromatic rings. The van der Waals surface area contributed by atoms with Crippen LogP contribution in [0.25, 0.3) is 11.3 Å². The minimum atomic E-state index is -1.31. The van der Waals surface area contributed by atoms with Gasteiger partial charge in [-0.2, -0.15) is 0 Å². The second-order valence-electron chi connectivity index (χ2n) is 13.4. The van der Waals surface area contributed by atoms with E-state index in [-0.39, 0.29) is 85.2 Å². The summed E-state index contributed by atoms with van der Waals surface area (Å²) >= 11 is 9.84. The third kappa shape index (κ3) is 10.5. The number of carbonyl (C=O) groups is 7. The third-order valence-corrected chi connectivity index (χ3v) is 13.1.